The molecule has 1 N–H and O–H groups in total. The molecule has 1 aromatic rings. The Kier molecular flexibility index (Phi) is 6.93. The van der Waals surface area contributed by atoms with E-state index >= 15 is 0 Å². The van der Waals surface area contributed by atoms with E-state index in [1.165, 1.54) is 19.2 Å². The number of alkyl halides is 3. The highest BCUT2D eigenvalue weighted by molar-refractivity contribution is 5.65. The molecule has 0 heterocycles. The van der Waals surface area contributed by atoms with E-state index in [4.69, 9.17) is 4.74 Å². The number of hydrogen-bond donors (Lipinski definition) is 1. The lowest BCUT2D eigenvalue weighted by molar-refractivity contribution is -0.292. The largest absolute Gasteiger partial charge is 0.496 e. The van der Waals surface area contributed by atoms with Crippen LogP contribution >= 0.6 is 0 Å². The lowest BCUT2D eigenvalue weighted by Gasteiger charge is -2.44. The van der Waals surface area contributed by atoms with Gasteiger partial charge in [-0.1, -0.05) is 13.8 Å². The summed E-state index contributed by atoms with van der Waals surface area (Å²) in [7, 11) is 3.18. The van der Waals surface area contributed by atoms with E-state index in [1.54, 1.807) is 13.3 Å². The fourth-order valence-corrected chi connectivity index (χ4v) is 3.95. The first kappa shape index (κ1) is 23.5. The first-order chi connectivity index (χ1) is 13.4. The van der Waals surface area contributed by atoms with Crippen molar-refractivity contribution < 1.29 is 23.0 Å². The highest BCUT2D eigenvalue weighted by Gasteiger charge is 2.61. The molecule has 1 aliphatic rings. The van der Waals surface area contributed by atoms with Gasteiger partial charge in [-0.3, -0.25) is 0 Å². The maximum Gasteiger partial charge on any atom is 0.421 e. The van der Waals surface area contributed by atoms with Crippen LogP contribution in [0.2, 0.25) is 0 Å². The Morgan fingerprint density at radius 2 is 1.86 bits per heavy atom. The lowest BCUT2D eigenvalue weighted by Crippen LogP contribution is -2.50. The van der Waals surface area contributed by atoms with Gasteiger partial charge in [0.25, 0.3) is 0 Å². The van der Waals surface area contributed by atoms with E-state index in [-0.39, 0.29) is 16.7 Å². The van der Waals surface area contributed by atoms with E-state index in [0.717, 1.165) is 6.54 Å². The second-order valence-electron chi connectivity index (χ2n) is 8.86. The van der Waals surface area contributed by atoms with Crippen molar-refractivity contribution in [3.63, 3.8) is 0 Å². The Morgan fingerprint density at radius 1 is 1.28 bits per heavy atom. The number of benzene rings is 1. The number of methoxy groups -OCH3 is 1. The summed E-state index contributed by atoms with van der Waals surface area (Å²) in [4.78, 5) is 6.22. The third-order valence-electron chi connectivity index (χ3n) is 6.18. The van der Waals surface area contributed by atoms with Crippen LogP contribution in [0, 0.1) is 18.3 Å². The smallest absolute Gasteiger partial charge is 0.421 e. The van der Waals surface area contributed by atoms with E-state index in [1.807, 2.05) is 18.9 Å². The molecule has 0 aliphatic heterocycles. The average molecular weight is 415 g/mol. The van der Waals surface area contributed by atoms with Crippen molar-refractivity contribution in [3.05, 3.63) is 23.3 Å². The van der Waals surface area contributed by atoms with Crippen LogP contribution in [0.1, 0.15) is 57.6 Å². The van der Waals surface area contributed by atoms with Crippen molar-refractivity contribution in [1.29, 1.82) is 0 Å². The summed E-state index contributed by atoms with van der Waals surface area (Å²) >= 11 is 0. The number of rotatable bonds is 6. The second kappa shape index (κ2) is 8.54. The van der Waals surface area contributed by atoms with Crippen molar-refractivity contribution in [1.82, 2.24) is 4.90 Å². The molecule has 0 amide bonds. The van der Waals surface area contributed by atoms with Crippen molar-refractivity contribution in [2.75, 3.05) is 20.7 Å². The van der Waals surface area contributed by atoms with Crippen LogP contribution in [0.4, 0.5) is 18.9 Å². The van der Waals surface area contributed by atoms with Crippen LogP contribution in [0.15, 0.2) is 17.1 Å². The molecule has 7 heteroatoms. The van der Waals surface area contributed by atoms with Gasteiger partial charge in [0.2, 0.25) is 0 Å². The molecule has 0 aromatic heterocycles. The maximum atomic E-state index is 14.3. The van der Waals surface area contributed by atoms with Gasteiger partial charge in [-0.15, -0.1) is 0 Å². The van der Waals surface area contributed by atoms with Crippen LogP contribution in [0.3, 0.4) is 0 Å². The van der Waals surface area contributed by atoms with Crippen LogP contribution in [-0.4, -0.2) is 43.2 Å². The summed E-state index contributed by atoms with van der Waals surface area (Å²) in [5.41, 5.74) is -2.12. The van der Waals surface area contributed by atoms with Gasteiger partial charge in [-0.25, -0.2) is 4.99 Å². The zero-order valence-electron chi connectivity index (χ0n) is 18.2. The SMILES string of the molecule is CCN(C)/C=N/c1cc(OC)c(C(O)(C2CCC(C)(C)CC2)C(F)(F)F)cc1C. The minimum absolute atomic E-state index is 0.00607. The van der Waals surface area contributed by atoms with Gasteiger partial charge in [0.05, 0.1) is 19.1 Å². The van der Waals surface area contributed by atoms with Gasteiger partial charge in [0.15, 0.2) is 5.60 Å². The van der Waals surface area contributed by atoms with Gasteiger partial charge >= 0.3 is 6.18 Å². The summed E-state index contributed by atoms with van der Waals surface area (Å²) in [5, 5.41) is 11.1. The van der Waals surface area contributed by atoms with Crippen molar-refractivity contribution in [2.24, 2.45) is 16.3 Å². The summed E-state index contributed by atoms with van der Waals surface area (Å²) in [6.07, 6.45) is -1.28. The number of ether oxygens (including phenoxy) is 1. The molecule has 1 unspecified atom stereocenters. The summed E-state index contributed by atoms with van der Waals surface area (Å²) in [6, 6.07) is 2.86. The monoisotopic (exact) mass is 414 g/mol. The molecule has 0 radical (unpaired) electrons. The molecule has 0 saturated heterocycles. The quantitative estimate of drug-likeness (QED) is 0.488. The number of aryl methyl sites for hydroxylation is 1. The predicted molar refractivity (Wildman–Crippen MR) is 110 cm³/mol. The predicted octanol–water partition coefficient (Wildman–Crippen LogP) is 5.58. The number of nitrogens with zero attached hydrogens (tertiary/aromatic N) is 2. The highest BCUT2D eigenvalue weighted by atomic mass is 19.4. The van der Waals surface area contributed by atoms with Gasteiger partial charge in [-0.2, -0.15) is 13.2 Å². The fraction of sp³-hybridized carbons (Fsp3) is 0.682. The van der Waals surface area contributed by atoms with Gasteiger partial charge in [-0.05, 0) is 56.6 Å². The van der Waals surface area contributed by atoms with E-state index < -0.39 is 17.7 Å². The van der Waals surface area contributed by atoms with Crippen molar-refractivity contribution in [2.45, 2.75) is 65.2 Å². The Hall–Kier alpha value is -1.76. The molecule has 1 aliphatic carbocycles. The zero-order chi connectivity index (χ0) is 22.0. The Bertz CT molecular complexity index is 736. The van der Waals surface area contributed by atoms with E-state index in [0.29, 0.717) is 36.9 Å². The molecule has 0 spiro atoms. The lowest BCUT2D eigenvalue weighted by atomic mass is 9.66. The minimum Gasteiger partial charge on any atom is -0.496 e. The average Bonchev–Trinajstić information content (AvgIpc) is 2.64. The van der Waals surface area contributed by atoms with E-state index in [9.17, 15) is 18.3 Å². The first-order valence-electron chi connectivity index (χ1n) is 10.1. The van der Waals surface area contributed by atoms with Crippen LogP contribution in [0.5, 0.6) is 5.75 Å². The normalized spacial score (nSPS) is 19.9. The summed E-state index contributed by atoms with van der Waals surface area (Å²) < 4.78 is 48.1. The Balaban J connectivity index is 2.54. The second-order valence-corrected chi connectivity index (χ2v) is 8.86. The van der Waals surface area contributed by atoms with Crippen molar-refractivity contribution in [3.8, 4) is 5.75 Å². The maximum absolute atomic E-state index is 14.3. The molecule has 164 valence electrons. The summed E-state index contributed by atoms with van der Waals surface area (Å²) in [6.45, 7) is 8.53. The molecule has 4 nitrogen and oxygen atoms in total. The van der Waals surface area contributed by atoms with E-state index in [2.05, 4.69) is 18.8 Å². The summed E-state index contributed by atoms with van der Waals surface area (Å²) in [5.74, 6) is -0.907. The molecule has 0 bridgehead atoms. The molecule has 1 atom stereocenters. The van der Waals surface area contributed by atoms with Crippen LogP contribution in [0.25, 0.3) is 0 Å². The molecule has 2 rings (SSSR count). The molecule has 1 fully saturated rings. The van der Waals surface area contributed by atoms with Gasteiger partial charge in [0, 0.05) is 31.1 Å². The number of aliphatic hydroxyl groups is 1. The van der Waals surface area contributed by atoms with Crippen LogP contribution in [-0.2, 0) is 5.60 Å². The third-order valence-corrected chi connectivity index (χ3v) is 6.18. The minimum atomic E-state index is -4.81. The Labute approximate surface area is 171 Å². The zero-order valence-corrected chi connectivity index (χ0v) is 18.2. The number of aliphatic imine (C=N–C) groups is 1. The van der Waals surface area contributed by atoms with Crippen LogP contribution < -0.4 is 4.74 Å². The van der Waals surface area contributed by atoms with Gasteiger partial charge < -0.3 is 14.7 Å². The number of halogens is 3. The van der Waals surface area contributed by atoms with Crippen molar-refractivity contribution >= 4 is 12.0 Å². The molecular weight excluding hydrogens is 381 g/mol. The highest BCUT2D eigenvalue weighted by Crippen LogP contribution is 2.54. The Morgan fingerprint density at radius 3 is 2.34 bits per heavy atom. The molecule has 1 saturated carbocycles. The molecular formula is C22H33F3N2O2. The topological polar surface area (TPSA) is 45.1 Å². The first-order valence-corrected chi connectivity index (χ1v) is 10.1. The third kappa shape index (κ3) is 4.87. The van der Waals surface area contributed by atoms with Gasteiger partial charge in [0.1, 0.15) is 5.75 Å². The number of hydrogen-bond acceptors (Lipinski definition) is 3. The standard InChI is InChI=1S/C22H33F3N2O2/c1-7-27(5)14-26-18-13-19(29-6)17(12-15(18)2)21(28,22(23,24)25)16-8-10-20(3,4)11-9-16/h12-14,16,28H,7-11H2,1-6H3/b26-14+. The fourth-order valence-electron chi connectivity index (χ4n) is 3.95. The molecule has 29 heavy (non-hydrogen) atoms. The molecule has 1 aromatic carbocycles.